The number of hydrogen-bond acceptors (Lipinski definition) is 4. The predicted octanol–water partition coefficient (Wildman–Crippen LogP) is 2.28. The Labute approximate surface area is 129 Å². The number of aromatic nitrogens is 1. The molecule has 1 heterocycles. The molecule has 5 heteroatoms. The Bertz CT molecular complexity index is 693. The van der Waals surface area contributed by atoms with E-state index in [9.17, 15) is 9.90 Å². The molecule has 2 N–H and O–H groups in total. The number of aliphatic hydroxyl groups excluding tert-OH is 1. The van der Waals surface area contributed by atoms with Crippen LogP contribution >= 0.6 is 0 Å². The smallest absolute Gasteiger partial charge is 0.270 e. The molecular weight excluding hydrogens is 280 g/mol. The van der Waals surface area contributed by atoms with Gasteiger partial charge in [-0.2, -0.15) is 0 Å². The van der Waals surface area contributed by atoms with Gasteiger partial charge in [-0.15, -0.1) is 0 Å². The van der Waals surface area contributed by atoms with Crippen LogP contribution in [0, 0.1) is 0 Å². The van der Waals surface area contributed by atoms with E-state index in [-0.39, 0.29) is 12.5 Å². The van der Waals surface area contributed by atoms with Gasteiger partial charge in [0.2, 0.25) is 5.88 Å². The highest BCUT2D eigenvalue weighted by Crippen LogP contribution is 2.30. The summed E-state index contributed by atoms with van der Waals surface area (Å²) in [5.41, 5.74) is -0.187. The lowest BCUT2D eigenvalue weighted by atomic mass is 9.98. The van der Waals surface area contributed by atoms with Crippen molar-refractivity contribution < 1.29 is 14.6 Å². The van der Waals surface area contributed by atoms with Crippen molar-refractivity contribution in [3.05, 3.63) is 36.0 Å². The first-order valence-electron chi connectivity index (χ1n) is 7.55. The monoisotopic (exact) mass is 300 g/mol. The van der Waals surface area contributed by atoms with Crippen LogP contribution in [0.4, 0.5) is 0 Å². The van der Waals surface area contributed by atoms with Crippen molar-refractivity contribution in [1.29, 1.82) is 0 Å². The minimum atomic E-state index is -0.502. The zero-order valence-electron chi connectivity index (χ0n) is 12.6. The van der Waals surface area contributed by atoms with Gasteiger partial charge in [-0.05, 0) is 30.4 Å². The van der Waals surface area contributed by atoms with Crippen molar-refractivity contribution in [3.63, 3.8) is 0 Å². The first-order chi connectivity index (χ1) is 10.7. The van der Waals surface area contributed by atoms with Crippen molar-refractivity contribution in [3.8, 4) is 5.88 Å². The molecule has 2 aromatic rings. The third-order valence-electron chi connectivity index (χ3n) is 4.37. The quantitative estimate of drug-likeness (QED) is 0.908. The zero-order chi connectivity index (χ0) is 15.6. The van der Waals surface area contributed by atoms with Crippen molar-refractivity contribution in [2.45, 2.75) is 31.2 Å². The van der Waals surface area contributed by atoms with Gasteiger partial charge in [0.15, 0.2) is 0 Å². The molecule has 0 bridgehead atoms. The molecule has 0 radical (unpaired) electrons. The highest BCUT2D eigenvalue weighted by atomic mass is 16.5. The standard InChI is InChI=1S/C17H20N2O3/c1-22-16-13-7-3-2-6-12(13)10-14(18-16)15(21)19-17(11-20)8-4-5-9-17/h2-3,6-7,10,20H,4-5,8-9,11H2,1H3,(H,19,21). The molecule has 5 nitrogen and oxygen atoms in total. The maximum Gasteiger partial charge on any atom is 0.270 e. The number of aliphatic hydroxyl groups is 1. The summed E-state index contributed by atoms with van der Waals surface area (Å²) in [5, 5.41) is 14.4. The molecular formula is C17H20N2O3. The van der Waals surface area contributed by atoms with Crippen LogP contribution in [0.15, 0.2) is 30.3 Å². The average molecular weight is 300 g/mol. The van der Waals surface area contributed by atoms with Crippen molar-refractivity contribution in [2.75, 3.05) is 13.7 Å². The maximum atomic E-state index is 12.5. The van der Waals surface area contributed by atoms with Gasteiger partial charge in [-0.3, -0.25) is 4.79 Å². The van der Waals surface area contributed by atoms with Gasteiger partial charge >= 0.3 is 0 Å². The van der Waals surface area contributed by atoms with Gasteiger partial charge < -0.3 is 15.2 Å². The van der Waals surface area contributed by atoms with Crippen molar-refractivity contribution >= 4 is 16.7 Å². The molecule has 0 aliphatic heterocycles. The van der Waals surface area contributed by atoms with Crippen LogP contribution in [-0.2, 0) is 0 Å². The van der Waals surface area contributed by atoms with Crippen LogP contribution in [0.3, 0.4) is 0 Å². The van der Waals surface area contributed by atoms with E-state index in [2.05, 4.69) is 10.3 Å². The topological polar surface area (TPSA) is 71.5 Å². The number of amides is 1. The Balaban J connectivity index is 1.94. The average Bonchev–Trinajstić information content (AvgIpc) is 3.02. The highest BCUT2D eigenvalue weighted by molar-refractivity contribution is 5.98. The number of hydrogen-bond donors (Lipinski definition) is 2. The van der Waals surface area contributed by atoms with E-state index in [0.29, 0.717) is 11.6 Å². The Kier molecular flexibility index (Phi) is 3.98. The Hall–Kier alpha value is -2.14. The maximum absolute atomic E-state index is 12.5. The van der Waals surface area contributed by atoms with E-state index < -0.39 is 5.54 Å². The fraction of sp³-hybridized carbons (Fsp3) is 0.412. The SMILES string of the molecule is COc1nc(C(=O)NC2(CO)CCCC2)cc2ccccc12. The molecule has 22 heavy (non-hydrogen) atoms. The number of benzene rings is 1. The summed E-state index contributed by atoms with van der Waals surface area (Å²) in [6.45, 7) is -0.0382. The van der Waals surface area contributed by atoms with Crippen LogP contribution in [-0.4, -0.2) is 35.3 Å². The van der Waals surface area contributed by atoms with Gasteiger partial charge in [0, 0.05) is 5.39 Å². The molecule has 0 saturated heterocycles. The minimum absolute atomic E-state index is 0.0382. The second kappa shape index (κ2) is 5.93. The Morgan fingerprint density at radius 2 is 2.09 bits per heavy atom. The van der Waals surface area contributed by atoms with E-state index in [0.717, 1.165) is 36.5 Å². The number of carbonyl (C=O) groups excluding carboxylic acids is 1. The minimum Gasteiger partial charge on any atom is -0.481 e. The first-order valence-corrected chi connectivity index (χ1v) is 7.55. The zero-order valence-corrected chi connectivity index (χ0v) is 12.6. The summed E-state index contributed by atoms with van der Waals surface area (Å²) in [6, 6.07) is 9.41. The van der Waals surface area contributed by atoms with Crippen LogP contribution in [0.2, 0.25) is 0 Å². The summed E-state index contributed by atoms with van der Waals surface area (Å²) >= 11 is 0. The van der Waals surface area contributed by atoms with Gasteiger partial charge in [0.1, 0.15) is 5.69 Å². The predicted molar refractivity (Wildman–Crippen MR) is 84.0 cm³/mol. The number of carbonyl (C=O) groups is 1. The number of nitrogens with zero attached hydrogens (tertiary/aromatic N) is 1. The summed E-state index contributed by atoms with van der Waals surface area (Å²) < 4.78 is 5.30. The molecule has 116 valence electrons. The molecule has 1 amide bonds. The number of methoxy groups -OCH3 is 1. The lowest BCUT2D eigenvalue weighted by Crippen LogP contribution is -2.49. The molecule has 1 aliphatic rings. The molecule has 0 atom stereocenters. The van der Waals surface area contributed by atoms with E-state index in [4.69, 9.17) is 4.74 Å². The molecule has 0 spiro atoms. The number of pyridine rings is 1. The summed E-state index contributed by atoms with van der Waals surface area (Å²) in [4.78, 5) is 16.8. The number of fused-ring (bicyclic) bond motifs is 1. The number of nitrogens with one attached hydrogen (secondary N) is 1. The molecule has 1 aliphatic carbocycles. The lowest BCUT2D eigenvalue weighted by Gasteiger charge is -2.27. The van der Waals surface area contributed by atoms with E-state index in [1.807, 2.05) is 24.3 Å². The van der Waals surface area contributed by atoms with Crippen LogP contribution in [0.25, 0.3) is 10.8 Å². The lowest BCUT2D eigenvalue weighted by molar-refractivity contribution is 0.0833. The van der Waals surface area contributed by atoms with Crippen LogP contribution < -0.4 is 10.1 Å². The van der Waals surface area contributed by atoms with E-state index >= 15 is 0 Å². The molecule has 1 fully saturated rings. The Morgan fingerprint density at radius 1 is 1.36 bits per heavy atom. The second-order valence-corrected chi connectivity index (χ2v) is 5.84. The third-order valence-corrected chi connectivity index (χ3v) is 4.37. The molecule has 1 saturated carbocycles. The molecule has 1 aromatic heterocycles. The third kappa shape index (κ3) is 2.64. The molecule has 0 unspecified atom stereocenters. The number of ether oxygens (including phenoxy) is 1. The van der Waals surface area contributed by atoms with Crippen LogP contribution in [0.5, 0.6) is 5.88 Å². The fourth-order valence-corrected chi connectivity index (χ4v) is 3.12. The largest absolute Gasteiger partial charge is 0.481 e. The fourth-order valence-electron chi connectivity index (χ4n) is 3.12. The summed E-state index contributed by atoms with van der Waals surface area (Å²) in [5.74, 6) is 0.174. The Morgan fingerprint density at radius 3 is 2.77 bits per heavy atom. The van der Waals surface area contributed by atoms with Gasteiger partial charge in [0.05, 0.1) is 19.3 Å². The molecule has 1 aromatic carbocycles. The second-order valence-electron chi connectivity index (χ2n) is 5.84. The van der Waals surface area contributed by atoms with E-state index in [1.165, 1.54) is 0 Å². The molecule has 3 rings (SSSR count). The summed E-state index contributed by atoms with van der Waals surface area (Å²) in [6.07, 6.45) is 3.66. The van der Waals surface area contributed by atoms with Crippen molar-refractivity contribution in [2.24, 2.45) is 0 Å². The van der Waals surface area contributed by atoms with Gasteiger partial charge in [-0.1, -0.05) is 31.0 Å². The van der Waals surface area contributed by atoms with E-state index in [1.54, 1.807) is 13.2 Å². The summed E-state index contributed by atoms with van der Waals surface area (Å²) in [7, 11) is 1.54. The van der Waals surface area contributed by atoms with Gasteiger partial charge in [0.25, 0.3) is 5.91 Å². The first kappa shape index (κ1) is 14.8. The van der Waals surface area contributed by atoms with Gasteiger partial charge in [-0.25, -0.2) is 4.98 Å². The highest BCUT2D eigenvalue weighted by Gasteiger charge is 2.35. The normalized spacial score (nSPS) is 16.6. The number of rotatable bonds is 4. The van der Waals surface area contributed by atoms with Crippen LogP contribution in [0.1, 0.15) is 36.2 Å². The van der Waals surface area contributed by atoms with Crippen molar-refractivity contribution in [1.82, 2.24) is 10.3 Å².